The molecular weight excluding hydrogens is 332 g/mol. The van der Waals surface area contributed by atoms with Gasteiger partial charge in [0.25, 0.3) is 0 Å². The van der Waals surface area contributed by atoms with Gasteiger partial charge in [-0.2, -0.15) is 30.7 Å². The van der Waals surface area contributed by atoms with Gasteiger partial charge in [0.2, 0.25) is 5.13 Å². The van der Waals surface area contributed by atoms with E-state index in [0.29, 0.717) is 5.82 Å². The molecule has 1 aromatic rings. The van der Waals surface area contributed by atoms with Gasteiger partial charge in [0, 0.05) is 30.0 Å². The maximum atomic E-state index is 13.0. The maximum Gasteiger partial charge on any atom is 0.404 e. The SMILES string of the molecule is CC(C)(C)c1nsc(N2CCC(C(F)(F)F)(C(F)(F)F)C2)n1. The fourth-order valence-corrected chi connectivity index (χ4v) is 3.13. The molecule has 3 nitrogen and oxygen atoms in total. The summed E-state index contributed by atoms with van der Waals surface area (Å²) in [6.45, 7) is 3.94. The Balaban J connectivity index is 2.30. The van der Waals surface area contributed by atoms with Crippen molar-refractivity contribution in [2.75, 3.05) is 18.0 Å². The van der Waals surface area contributed by atoms with Crippen molar-refractivity contribution in [3.63, 3.8) is 0 Å². The topological polar surface area (TPSA) is 29.0 Å². The molecule has 1 fully saturated rings. The van der Waals surface area contributed by atoms with Crippen molar-refractivity contribution in [2.45, 2.75) is 45.0 Å². The Morgan fingerprint density at radius 2 is 1.59 bits per heavy atom. The molecule has 0 aromatic carbocycles. The lowest BCUT2D eigenvalue weighted by Crippen LogP contribution is -2.51. The molecule has 0 spiro atoms. The fourth-order valence-electron chi connectivity index (χ4n) is 2.25. The van der Waals surface area contributed by atoms with Crippen LogP contribution in [0.5, 0.6) is 0 Å². The number of nitrogens with zero attached hydrogens (tertiary/aromatic N) is 3. The average Bonchev–Trinajstić information content (AvgIpc) is 2.93. The molecule has 0 amide bonds. The van der Waals surface area contributed by atoms with Crippen molar-refractivity contribution in [1.29, 1.82) is 0 Å². The second kappa shape index (κ2) is 4.97. The Labute approximate surface area is 127 Å². The second-order valence-electron chi connectivity index (χ2n) is 6.40. The van der Waals surface area contributed by atoms with Gasteiger partial charge in [0.15, 0.2) is 5.41 Å². The number of anilines is 1. The van der Waals surface area contributed by atoms with Crippen LogP contribution < -0.4 is 4.90 Å². The summed E-state index contributed by atoms with van der Waals surface area (Å²) < 4.78 is 82.1. The van der Waals surface area contributed by atoms with Gasteiger partial charge in [0.05, 0.1) is 0 Å². The first-order chi connectivity index (χ1) is 9.78. The quantitative estimate of drug-likeness (QED) is 0.715. The molecule has 1 saturated heterocycles. The molecule has 1 aliphatic heterocycles. The molecule has 0 atom stereocenters. The van der Waals surface area contributed by atoms with Crippen LogP contribution >= 0.6 is 11.5 Å². The first-order valence-corrected chi connectivity index (χ1v) is 7.28. The Morgan fingerprint density at radius 3 is 1.95 bits per heavy atom. The average molecular weight is 347 g/mol. The third-order valence-electron chi connectivity index (χ3n) is 3.71. The van der Waals surface area contributed by atoms with Crippen molar-refractivity contribution in [3.05, 3.63) is 5.82 Å². The van der Waals surface area contributed by atoms with E-state index in [1.165, 1.54) is 0 Å². The highest BCUT2D eigenvalue weighted by molar-refractivity contribution is 7.09. The molecule has 0 radical (unpaired) electrons. The standard InChI is InChI=1S/C12H15F6N3S/c1-9(2,3)7-19-8(22-20-7)21-5-4-10(6-21,11(13,14)15)12(16,17)18/h4-6H2,1-3H3. The highest BCUT2D eigenvalue weighted by Gasteiger charge is 2.72. The predicted molar refractivity (Wildman–Crippen MR) is 70.0 cm³/mol. The fraction of sp³-hybridized carbons (Fsp3) is 0.833. The van der Waals surface area contributed by atoms with Crippen LogP contribution in [0.15, 0.2) is 0 Å². The second-order valence-corrected chi connectivity index (χ2v) is 7.13. The lowest BCUT2D eigenvalue weighted by atomic mass is 9.85. The summed E-state index contributed by atoms with van der Waals surface area (Å²) in [5.74, 6) is 0.406. The number of halogens is 6. The van der Waals surface area contributed by atoms with Crippen molar-refractivity contribution < 1.29 is 26.3 Å². The summed E-state index contributed by atoms with van der Waals surface area (Å²) in [6, 6.07) is 0. The zero-order chi connectivity index (χ0) is 17.0. The van der Waals surface area contributed by atoms with Crippen LogP contribution in [0.25, 0.3) is 0 Å². The van der Waals surface area contributed by atoms with Gasteiger partial charge in [0.1, 0.15) is 5.82 Å². The minimum Gasteiger partial charge on any atom is -0.346 e. The van der Waals surface area contributed by atoms with Gasteiger partial charge < -0.3 is 4.90 Å². The first-order valence-electron chi connectivity index (χ1n) is 6.50. The number of rotatable bonds is 1. The van der Waals surface area contributed by atoms with Crippen LogP contribution in [0.4, 0.5) is 31.5 Å². The summed E-state index contributed by atoms with van der Waals surface area (Å²) in [6.07, 6.45) is -11.7. The van der Waals surface area contributed by atoms with Gasteiger partial charge in [-0.15, -0.1) is 0 Å². The van der Waals surface area contributed by atoms with E-state index in [9.17, 15) is 26.3 Å². The molecule has 0 saturated carbocycles. The maximum absolute atomic E-state index is 13.0. The van der Waals surface area contributed by atoms with Gasteiger partial charge >= 0.3 is 12.4 Å². The third kappa shape index (κ3) is 2.77. The number of alkyl halides is 6. The van der Waals surface area contributed by atoms with Crippen LogP contribution in [-0.4, -0.2) is 34.8 Å². The van der Waals surface area contributed by atoms with Crippen molar-refractivity contribution >= 4 is 16.7 Å². The molecule has 0 N–H and O–H groups in total. The van der Waals surface area contributed by atoms with Gasteiger partial charge in [-0.25, -0.2) is 4.98 Å². The van der Waals surface area contributed by atoms with E-state index in [1.807, 2.05) is 20.8 Å². The minimum atomic E-state index is -5.35. The molecular formula is C12H15F6N3S. The Morgan fingerprint density at radius 1 is 1.05 bits per heavy atom. The predicted octanol–water partition coefficient (Wildman–Crippen LogP) is 4.16. The lowest BCUT2D eigenvalue weighted by molar-refractivity contribution is -0.332. The molecule has 0 aliphatic carbocycles. The van der Waals surface area contributed by atoms with E-state index in [2.05, 4.69) is 9.36 Å². The third-order valence-corrected chi connectivity index (χ3v) is 4.49. The molecule has 10 heteroatoms. The Kier molecular flexibility index (Phi) is 3.91. The van der Waals surface area contributed by atoms with E-state index in [-0.39, 0.29) is 11.7 Å². The van der Waals surface area contributed by atoms with Gasteiger partial charge in [-0.3, -0.25) is 0 Å². The summed E-state index contributed by atoms with van der Waals surface area (Å²) in [4.78, 5) is 5.11. The van der Waals surface area contributed by atoms with Crippen molar-refractivity contribution in [3.8, 4) is 0 Å². The lowest BCUT2D eigenvalue weighted by Gasteiger charge is -2.33. The van der Waals surface area contributed by atoms with E-state index >= 15 is 0 Å². The number of aromatic nitrogens is 2. The molecule has 1 aromatic heterocycles. The molecule has 1 aliphatic rings. The van der Waals surface area contributed by atoms with Gasteiger partial charge in [-0.05, 0) is 6.42 Å². The number of hydrogen-bond acceptors (Lipinski definition) is 4. The molecule has 0 unspecified atom stereocenters. The summed E-state index contributed by atoms with van der Waals surface area (Å²) >= 11 is 0.826. The van der Waals surface area contributed by atoms with Crippen LogP contribution in [0.3, 0.4) is 0 Å². The van der Waals surface area contributed by atoms with E-state index in [0.717, 1.165) is 16.4 Å². The summed E-state index contributed by atoms with van der Waals surface area (Å²) in [5.41, 5.74) is -4.12. The first kappa shape index (κ1) is 17.3. The zero-order valence-electron chi connectivity index (χ0n) is 12.1. The molecule has 22 heavy (non-hydrogen) atoms. The highest BCUT2D eigenvalue weighted by atomic mass is 32.1. The van der Waals surface area contributed by atoms with Crippen molar-refractivity contribution in [1.82, 2.24) is 9.36 Å². The summed E-state index contributed by atoms with van der Waals surface area (Å²) in [7, 11) is 0. The minimum absolute atomic E-state index is 0.0975. The normalized spacial score (nSPS) is 19.8. The zero-order valence-corrected chi connectivity index (χ0v) is 13.0. The van der Waals surface area contributed by atoms with Crippen LogP contribution in [0, 0.1) is 5.41 Å². The molecule has 2 heterocycles. The number of hydrogen-bond donors (Lipinski definition) is 0. The highest BCUT2D eigenvalue weighted by Crippen LogP contribution is 2.56. The largest absolute Gasteiger partial charge is 0.404 e. The van der Waals surface area contributed by atoms with E-state index in [4.69, 9.17) is 0 Å². The Bertz CT molecular complexity index is 528. The van der Waals surface area contributed by atoms with Crippen LogP contribution in [0.2, 0.25) is 0 Å². The molecule has 0 bridgehead atoms. The molecule has 126 valence electrons. The van der Waals surface area contributed by atoms with E-state index < -0.39 is 36.1 Å². The van der Waals surface area contributed by atoms with Gasteiger partial charge in [-0.1, -0.05) is 20.8 Å². The Hall–Kier alpha value is -1.06. The smallest absolute Gasteiger partial charge is 0.346 e. The monoisotopic (exact) mass is 347 g/mol. The molecule has 2 rings (SSSR count). The van der Waals surface area contributed by atoms with Crippen LogP contribution in [0.1, 0.15) is 33.0 Å². The summed E-state index contributed by atoms with van der Waals surface area (Å²) in [5, 5.41) is 0.0975. The van der Waals surface area contributed by atoms with E-state index in [1.54, 1.807) is 0 Å². The van der Waals surface area contributed by atoms with Crippen molar-refractivity contribution in [2.24, 2.45) is 5.41 Å². The van der Waals surface area contributed by atoms with Crippen LogP contribution in [-0.2, 0) is 5.41 Å².